The van der Waals surface area contributed by atoms with Crippen molar-refractivity contribution >= 4 is 29.3 Å². The molecule has 26 heavy (non-hydrogen) atoms. The van der Waals surface area contributed by atoms with E-state index in [9.17, 15) is 22.8 Å². The highest BCUT2D eigenvalue weighted by atomic mass is 32.2. The van der Waals surface area contributed by atoms with Crippen molar-refractivity contribution in [3.05, 3.63) is 41.3 Å². The van der Waals surface area contributed by atoms with Gasteiger partial charge in [0.2, 0.25) is 11.8 Å². The molecule has 2 amide bonds. The molecule has 10 heteroatoms. The SMILES string of the molecule is Cc1cc(CNC(=O)C[C@H]2Sc3ccc(C(F)(F)F)cc3NC2=O)no1. The van der Waals surface area contributed by atoms with E-state index in [1.54, 1.807) is 13.0 Å². The summed E-state index contributed by atoms with van der Waals surface area (Å²) in [6.07, 6.45) is -4.59. The largest absolute Gasteiger partial charge is 0.416 e. The van der Waals surface area contributed by atoms with Gasteiger partial charge in [-0.1, -0.05) is 5.16 Å². The number of benzene rings is 1. The first-order chi connectivity index (χ1) is 12.2. The third-order valence-corrected chi connectivity index (χ3v) is 4.92. The molecule has 1 aromatic carbocycles. The minimum atomic E-state index is -4.49. The maximum atomic E-state index is 12.7. The Morgan fingerprint density at radius 2 is 2.15 bits per heavy atom. The lowest BCUT2D eigenvalue weighted by molar-refractivity contribution is -0.137. The van der Waals surface area contributed by atoms with E-state index in [0.29, 0.717) is 16.3 Å². The van der Waals surface area contributed by atoms with E-state index < -0.39 is 22.9 Å². The van der Waals surface area contributed by atoms with E-state index in [0.717, 1.165) is 23.9 Å². The summed E-state index contributed by atoms with van der Waals surface area (Å²) >= 11 is 1.06. The summed E-state index contributed by atoms with van der Waals surface area (Å²) in [4.78, 5) is 24.6. The molecule has 1 aliphatic rings. The monoisotopic (exact) mass is 385 g/mol. The van der Waals surface area contributed by atoms with E-state index in [-0.39, 0.29) is 24.6 Å². The molecule has 138 valence electrons. The molecule has 6 nitrogen and oxygen atoms in total. The van der Waals surface area contributed by atoms with Gasteiger partial charge in [0, 0.05) is 17.4 Å². The minimum absolute atomic E-state index is 0.101. The topological polar surface area (TPSA) is 84.2 Å². The number of anilines is 1. The quantitative estimate of drug-likeness (QED) is 0.845. The Morgan fingerprint density at radius 3 is 2.81 bits per heavy atom. The Bertz CT molecular complexity index is 851. The second-order valence-electron chi connectivity index (χ2n) is 5.71. The van der Waals surface area contributed by atoms with Gasteiger partial charge < -0.3 is 15.2 Å². The van der Waals surface area contributed by atoms with Gasteiger partial charge in [-0.15, -0.1) is 11.8 Å². The molecule has 0 spiro atoms. The molecule has 0 fully saturated rings. The third kappa shape index (κ3) is 4.18. The molecule has 0 radical (unpaired) electrons. The highest BCUT2D eigenvalue weighted by Crippen LogP contribution is 2.40. The number of nitrogens with zero attached hydrogens (tertiary/aromatic N) is 1. The van der Waals surface area contributed by atoms with Crippen LogP contribution in [0.25, 0.3) is 0 Å². The Labute approximate surface area is 150 Å². The van der Waals surface area contributed by atoms with Crippen LogP contribution in [0.3, 0.4) is 0 Å². The number of carbonyl (C=O) groups excluding carboxylic acids is 2. The summed E-state index contributed by atoms with van der Waals surface area (Å²) < 4.78 is 43.1. The number of aryl methyl sites for hydroxylation is 1. The maximum Gasteiger partial charge on any atom is 0.416 e. The molecule has 3 rings (SSSR count). The van der Waals surface area contributed by atoms with Gasteiger partial charge in [0.15, 0.2) is 0 Å². The van der Waals surface area contributed by atoms with Crippen LogP contribution in [0.1, 0.15) is 23.4 Å². The van der Waals surface area contributed by atoms with E-state index in [4.69, 9.17) is 4.52 Å². The summed E-state index contributed by atoms with van der Waals surface area (Å²) in [7, 11) is 0. The number of aromatic nitrogens is 1. The first-order valence-electron chi connectivity index (χ1n) is 7.60. The lowest BCUT2D eigenvalue weighted by Crippen LogP contribution is -2.34. The van der Waals surface area contributed by atoms with Crippen molar-refractivity contribution in [3.8, 4) is 0 Å². The minimum Gasteiger partial charge on any atom is -0.361 e. The van der Waals surface area contributed by atoms with Crippen molar-refractivity contribution < 1.29 is 27.3 Å². The zero-order valence-corrected chi connectivity index (χ0v) is 14.3. The Hall–Kier alpha value is -2.49. The van der Waals surface area contributed by atoms with Crippen molar-refractivity contribution in [2.45, 2.75) is 36.2 Å². The summed E-state index contributed by atoms with van der Waals surface area (Å²) in [5, 5.41) is 8.08. The average Bonchev–Trinajstić information content (AvgIpc) is 2.98. The summed E-state index contributed by atoms with van der Waals surface area (Å²) in [6, 6.07) is 4.82. The molecule has 2 aromatic rings. The number of alkyl halides is 3. The molecule has 0 aliphatic carbocycles. The predicted molar refractivity (Wildman–Crippen MR) is 87.4 cm³/mol. The van der Waals surface area contributed by atoms with Crippen LogP contribution in [0, 0.1) is 6.92 Å². The van der Waals surface area contributed by atoms with E-state index >= 15 is 0 Å². The lowest BCUT2D eigenvalue weighted by Gasteiger charge is -2.24. The van der Waals surface area contributed by atoms with E-state index in [1.165, 1.54) is 6.07 Å². The Morgan fingerprint density at radius 1 is 1.38 bits per heavy atom. The first-order valence-corrected chi connectivity index (χ1v) is 8.48. The van der Waals surface area contributed by atoms with E-state index in [1.807, 2.05) is 0 Å². The number of nitrogens with one attached hydrogen (secondary N) is 2. The van der Waals surface area contributed by atoms with Crippen molar-refractivity contribution in [1.82, 2.24) is 10.5 Å². The fourth-order valence-corrected chi connectivity index (χ4v) is 3.48. The number of fused-ring (bicyclic) bond motifs is 1. The van der Waals surface area contributed by atoms with Gasteiger partial charge in [0.1, 0.15) is 11.5 Å². The molecular formula is C16H14F3N3O3S. The van der Waals surface area contributed by atoms with Crippen LogP contribution >= 0.6 is 11.8 Å². The van der Waals surface area contributed by atoms with Crippen molar-refractivity contribution in [1.29, 1.82) is 0 Å². The van der Waals surface area contributed by atoms with Crippen LogP contribution in [0.5, 0.6) is 0 Å². The number of halogens is 3. The molecule has 0 saturated heterocycles. The van der Waals surface area contributed by atoms with Crippen LogP contribution in [-0.2, 0) is 22.3 Å². The molecule has 0 unspecified atom stereocenters. The number of hydrogen-bond donors (Lipinski definition) is 2. The highest BCUT2D eigenvalue weighted by Gasteiger charge is 2.34. The number of thioether (sulfide) groups is 1. The van der Waals surface area contributed by atoms with Crippen molar-refractivity contribution in [3.63, 3.8) is 0 Å². The Balaban J connectivity index is 1.62. The maximum absolute atomic E-state index is 12.7. The summed E-state index contributed by atoms with van der Waals surface area (Å²) in [5.41, 5.74) is -0.178. The molecule has 2 heterocycles. The van der Waals surface area contributed by atoms with Crippen molar-refractivity contribution in [2.75, 3.05) is 5.32 Å². The smallest absolute Gasteiger partial charge is 0.361 e. The van der Waals surface area contributed by atoms with Crippen LogP contribution in [0.4, 0.5) is 18.9 Å². The van der Waals surface area contributed by atoms with Crippen LogP contribution in [0.15, 0.2) is 33.7 Å². The number of hydrogen-bond acceptors (Lipinski definition) is 5. The third-order valence-electron chi connectivity index (χ3n) is 3.64. The van der Waals surface area contributed by atoms with Gasteiger partial charge in [0.25, 0.3) is 0 Å². The molecular weight excluding hydrogens is 371 g/mol. The fourth-order valence-electron chi connectivity index (χ4n) is 2.39. The molecule has 2 N–H and O–H groups in total. The number of rotatable bonds is 4. The van der Waals surface area contributed by atoms with Gasteiger partial charge in [-0.3, -0.25) is 9.59 Å². The molecule has 0 bridgehead atoms. The molecule has 1 atom stereocenters. The number of amides is 2. The standard InChI is InChI=1S/C16H14F3N3O3S/c1-8-4-10(22-25-8)7-20-14(23)6-13-15(24)21-11-5-9(16(17,18)19)2-3-12(11)26-13/h2-5,13H,6-7H2,1H3,(H,20,23)(H,21,24)/t13-/m1/s1. The van der Waals surface area contributed by atoms with Gasteiger partial charge in [-0.05, 0) is 25.1 Å². The molecule has 0 saturated carbocycles. The van der Waals surface area contributed by atoms with Gasteiger partial charge in [-0.25, -0.2) is 0 Å². The fraction of sp³-hybridized carbons (Fsp3) is 0.312. The molecule has 1 aromatic heterocycles. The van der Waals surface area contributed by atoms with Crippen LogP contribution in [0.2, 0.25) is 0 Å². The normalized spacial score (nSPS) is 16.8. The summed E-state index contributed by atoms with van der Waals surface area (Å²) in [5.74, 6) is -0.255. The average molecular weight is 385 g/mol. The van der Waals surface area contributed by atoms with Gasteiger partial charge in [-0.2, -0.15) is 13.2 Å². The van der Waals surface area contributed by atoms with Crippen LogP contribution in [-0.4, -0.2) is 22.2 Å². The van der Waals surface area contributed by atoms with Gasteiger partial charge in [0.05, 0.1) is 23.0 Å². The zero-order chi connectivity index (χ0) is 18.9. The second kappa shape index (κ2) is 7.02. The summed E-state index contributed by atoms with van der Waals surface area (Å²) in [6.45, 7) is 1.89. The van der Waals surface area contributed by atoms with Gasteiger partial charge >= 0.3 is 6.18 Å². The molecule has 1 aliphatic heterocycles. The lowest BCUT2D eigenvalue weighted by atomic mass is 10.1. The number of carbonyl (C=O) groups is 2. The van der Waals surface area contributed by atoms with Crippen molar-refractivity contribution in [2.24, 2.45) is 0 Å². The predicted octanol–water partition coefficient (Wildman–Crippen LogP) is 3.12. The Kier molecular flexibility index (Phi) is 4.94. The second-order valence-corrected chi connectivity index (χ2v) is 6.96. The highest BCUT2D eigenvalue weighted by molar-refractivity contribution is 8.01. The van der Waals surface area contributed by atoms with Crippen LogP contribution < -0.4 is 10.6 Å². The van der Waals surface area contributed by atoms with E-state index in [2.05, 4.69) is 15.8 Å². The zero-order valence-electron chi connectivity index (χ0n) is 13.5. The first kappa shape index (κ1) is 18.3.